The first-order chi connectivity index (χ1) is 16.0. The maximum atomic E-state index is 13.7. The van der Waals surface area contributed by atoms with Crippen LogP contribution >= 0.6 is 0 Å². The Morgan fingerprint density at radius 2 is 1.91 bits per heavy atom. The van der Waals surface area contributed by atoms with Gasteiger partial charge in [-0.15, -0.1) is 0 Å². The zero-order valence-corrected chi connectivity index (χ0v) is 18.9. The van der Waals surface area contributed by atoms with Crippen LogP contribution in [0.4, 0.5) is 0 Å². The molecule has 3 heterocycles. The number of benzene rings is 2. The van der Waals surface area contributed by atoms with E-state index in [1.54, 1.807) is 13.2 Å². The normalized spacial score (nSPS) is 17.2. The van der Waals surface area contributed by atoms with Crippen LogP contribution in [-0.2, 0) is 6.42 Å². The van der Waals surface area contributed by atoms with Crippen LogP contribution in [0.25, 0.3) is 11.0 Å². The monoisotopic (exact) mass is 455 g/mol. The molecule has 0 saturated heterocycles. The quantitative estimate of drug-likeness (QED) is 0.558. The number of phenols is 1. The highest BCUT2D eigenvalue weighted by molar-refractivity contribution is 6.09. The number of methoxy groups -OCH3 is 3. The highest BCUT2D eigenvalue weighted by Crippen LogP contribution is 2.51. The second-order valence-electron chi connectivity index (χ2n) is 8.04. The number of ketones is 1. The van der Waals surface area contributed by atoms with Crippen LogP contribution in [0.2, 0.25) is 0 Å². The highest BCUT2D eigenvalue weighted by atomic mass is 16.7. The number of furan rings is 1. The maximum Gasteiger partial charge on any atom is 0.231 e. The fourth-order valence-electron chi connectivity index (χ4n) is 4.85. The predicted molar refractivity (Wildman–Crippen MR) is 118 cm³/mol. The molecular weight excluding hydrogens is 430 g/mol. The molecule has 0 bridgehead atoms. The van der Waals surface area contributed by atoms with E-state index in [2.05, 4.69) is 4.90 Å². The molecule has 5 rings (SSSR count). The Morgan fingerprint density at radius 1 is 1.15 bits per heavy atom. The molecule has 3 aromatic rings. The summed E-state index contributed by atoms with van der Waals surface area (Å²) in [4.78, 5) is 15.8. The molecule has 0 unspecified atom stereocenters. The summed E-state index contributed by atoms with van der Waals surface area (Å²) in [5, 5.41) is 11.5. The van der Waals surface area contributed by atoms with Gasteiger partial charge in [-0.3, -0.25) is 9.69 Å². The van der Waals surface area contributed by atoms with Gasteiger partial charge in [-0.25, -0.2) is 0 Å². The van der Waals surface area contributed by atoms with E-state index in [0.29, 0.717) is 28.2 Å². The van der Waals surface area contributed by atoms with E-state index in [9.17, 15) is 9.90 Å². The van der Waals surface area contributed by atoms with Crippen molar-refractivity contribution < 1.29 is 38.0 Å². The first-order valence-corrected chi connectivity index (χ1v) is 10.6. The Morgan fingerprint density at radius 3 is 2.64 bits per heavy atom. The second-order valence-corrected chi connectivity index (χ2v) is 8.04. The Kier molecular flexibility index (Phi) is 5.20. The lowest BCUT2D eigenvalue weighted by Crippen LogP contribution is -2.34. The van der Waals surface area contributed by atoms with Gasteiger partial charge in [0.2, 0.25) is 18.3 Å². The van der Waals surface area contributed by atoms with Crippen LogP contribution < -0.4 is 23.7 Å². The van der Waals surface area contributed by atoms with Gasteiger partial charge in [-0.1, -0.05) is 0 Å². The summed E-state index contributed by atoms with van der Waals surface area (Å²) in [5.74, 6) is 1.51. The van der Waals surface area contributed by atoms with Crippen molar-refractivity contribution in [1.82, 2.24) is 4.90 Å². The number of aromatic hydroxyl groups is 1. The summed E-state index contributed by atoms with van der Waals surface area (Å²) in [7, 11) is 6.41. The third-order valence-corrected chi connectivity index (χ3v) is 6.41. The molecular formula is C24H25NO8. The summed E-state index contributed by atoms with van der Waals surface area (Å²) in [6, 6.07) is 3.34. The Labute approximate surface area is 190 Å². The molecule has 0 fully saturated rings. The molecule has 33 heavy (non-hydrogen) atoms. The SMILES string of the molecule is COc1c2c(cc3c1[C@H](CC(=O)c1c(O)c(OC)c4occc4c1OC)N(C)CC3)OCO2. The van der Waals surface area contributed by atoms with Crippen molar-refractivity contribution >= 4 is 16.8 Å². The minimum atomic E-state index is -0.307. The van der Waals surface area contributed by atoms with E-state index in [0.717, 1.165) is 24.1 Å². The molecule has 0 saturated carbocycles. The van der Waals surface area contributed by atoms with E-state index in [1.165, 1.54) is 20.5 Å². The molecule has 1 aromatic heterocycles. The van der Waals surface area contributed by atoms with Crippen molar-refractivity contribution in [2.75, 3.05) is 41.7 Å². The number of ether oxygens (including phenoxy) is 5. The molecule has 2 aliphatic rings. The summed E-state index contributed by atoms with van der Waals surface area (Å²) in [5.41, 5.74) is 2.31. The molecule has 1 N–H and O–H groups in total. The summed E-state index contributed by atoms with van der Waals surface area (Å²) in [6.07, 6.45) is 2.32. The van der Waals surface area contributed by atoms with Crippen molar-refractivity contribution in [3.05, 3.63) is 35.1 Å². The van der Waals surface area contributed by atoms with Crippen molar-refractivity contribution in [2.24, 2.45) is 0 Å². The molecule has 9 heteroatoms. The molecule has 0 spiro atoms. The molecule has 2 aromatic carbocycles. The van der Waals surface area contributed by atoms with Gasteiger partial charge in [0.05, 0.1) is 33.0 Å². The van der Waals surface area contributed by atoms with Crippen LogP contribution in [0.1, 0.15) is 33.9 Å². The maximum absolute atomic E-state index is 13.7. The fraction of sp³-hybridized carbons (Fsp3) is 0.375. The minimum Gasteiger partial charge on any atom is -0.504 e. The van der Waals surface area contributed by atoms with E-state index in [4.69, 9.17) is 28.1 Å². The number of hydrogen-bond acceptors (Lipinski definition) is 9. The molecule has 1 atom stereocenters. The van der Waals surface area contributed by atoms with Crippen molar-refractivity contribution in [2.45, 2.75) is 18.9 Å². The van der Waals surface area contributed by atoms with E-state index in [-0.39, 0.29) is 47.9 Å². The number of rotatable bonds is 6. The lowest BCUT2D eigenvalue weighted by molar-refractivity contribution is 0.0919. The minimum absolute atomic E-state index is 0.0588. The Bertz CT molecular complexity index is 1250. The summed E-state index contributed by atoms with van der Waals surface area (Å²) >= 11 is 0. The first kappa shape index (κ1) is 21.3. The van der Waals surface area contributed by atoms with E-state index >= 15 is 0 Å². The molecule has 0 amide bonds. The molecule has 2 aliphatic heterocycles. The molecule has 174 valence electrons. The van der Waals surface area contributed by atoms with Crippen molar-refractivity contribution in [3.63, 3.8) is 0 Å². The number of carbonyl (C=O) groups excluding carboxylic acids is 1. The number of carbonyl (C=O) groups is 1. The zero-order valence-electron chi connectivity index (χ0n) is 18.9. The van der Waals surface area contributed by atoms with Gasteiger partial charge in [0.25, 0.3) is 0 Å². The lowest BCUT2D eigenvalue weighted by Gasteiger charge is -2.35. The van der Waals surface area contributed by atoms with Crippen LogP contribution in [0, 0.1) is 0 Å². The fourth-order valence-corrected chi connectivity index (χ4v) is 4.85. The third-order valence-electron chi connectivity index (χ3n) is 6.41. The van der Waals surface area contributed by atoms with Gasteiger partial charge in [0, 0.05) is 24.6 Å². The van der Waals surface area contributed by atoms with Gasteiger partial charge in [0.1, 0.15) is 11.3 Å². The number of Topliss-reactive ketones (excluding diaryl/α,β-unsaturated/α-hetero) is 1. The zero-order chi connectivity index (χ0) is 23.3. The molecule has 0 aliphatic carbocycles. The van der Waals surface area contributed by atoms with Crippen LogP contribution in [0.15, 0.2) is 22.8 Å². The number of likely N-dealkylation sites (N-methyl/N-ethyl adjacent to an activating group) is 1. The lowest BCUT2D eigenvalue weighted by atomic mass is 9.87. The van der Waals surface area contributed by atoms with Gasteiger partial charge < -0.3 is 33.2 Å². The number of nitrogens with zero attached hydrogens (tertiary/aromatic N) is 1. The summed E-state index contributed by atoms with van der Waals surface area (Å²) in [6.45, 7) is 0.880. The topological polar surface area (TPSA) is 99.8 Å². The highest BCUT2D eigenvalue weighted by Gasteiger charge is 2.37. The van der Waals surface area contributed by atoms with Crippen molar-refractivity contribution in [1.29, 1.82) is 0 Å². The molecule has 0 radical (unpaired) electrons. The average molecular weight is 455 g/mol. The average Bonchev–Trinajstić information content (AvgIpc) is 3.48. The summed E-state index contributed by atoms with van der Waals surface area (Å²) < 4.78 is 33.3. The standard InChI is InChI=1S/C24H25NO8/c1-25-7-5-12-9-16-22(33-11-32-16)23(29-3)17(12)14(25)10-15(26)18-19(27)24(30-4)21-13(6-8-31-21)20(18)28-2/h6,8-9,14,27H,5,7,10-11H2,1-4H3/t14-/m0/s1. The van der Waals surface area contributed by atoms with Crippen LogP contribution in [0.3, 0.4) is 0 Å². The number of hydrogen-bond donors (Lipinski definition) is 1. The molecule has 9 nitrogen and oxygen atoms in total. The van der Waals surface area contributed by atoms with Crippen LogP contribution in [-0.4, -0.2) is 57.5 Å². The number of phenolic OH excluding ortho intramolecular Hbond substituents is 1. The predicted octanol–water partition coefficient (Wildman–Crippen LogP) is 3.69. The van der Waals surface area contributed by atoms with Gasteiger partial charge >= 0.3 is 0 Å². The smallest absolute Gasteiger partial charge is 0.231 e. The van der Waals surface area contributed by atoms with Crippen LogP contribution in [0.5, 0.6) is 34.5 Å². The second kappa shape index (κ2) is 8.08. The van der Waals surface area contributed by atoms with Gasteiger partial charge in [0.15, 0.2) is 28.6 Å². The van der Waals surface area contributed by atoms with Gasteiger partial charge in [-0.2, -0.15) is 0 Å². The Balaban J connectivity index is 1.61. The number of fused-ring (bicyclic) bond motifs is 3. The van der Waals surface area contributed by atoms with Gasteiger partial charge in [-0.05, 0) is 31.2 Å². The van der Waals surface area contributed by atoms with Crippen molar-refractivity contribution in [3.8, 4) is 34.5 Å². The first-order valence-electron chi connectivity index (χ1n) is 10.6. The Hall–Kier alpha value is -3.59. The largest absolute Gasteiger partial charge is 0.504 e. The van der Waals surface area contributed by atoms with E-state index in [1.807, 2.05) is 13.1 Å². The third kappa shape index (κ3) is 3.14. The van der Waals surface area contributed by atoms with E-state index < -0.39 is 0 Å².